The Morgan fingerprint density at radius 2 is 1.96 bits per heavy atom. The fraction of sp³-hybridized carbons (Fsp3) is 0.118. The van der Waals surface area contributed by atoms with Crippen LogP contribution in [0.1, 0.15) is 23.5 Å². The summed E-state index contributed by atoms with van der Waals surface area (Å²) in [6.45, 7) is 0. The number of fused-ring (bicyclic) bond motifs is 1. The van der Waals surface area contributed by atoms with Crippen LogP contribution in [0.25, 0.3) is 10.9 Å². The van der Waals surface area contributed by atoms with Crippen LogP contribution in [0, 0.1) is 15.9 Å². The maximum atomic E-state index is 13.2. The Balaban J connectivity index is 2.15. The van der Waals surface area contributed by atoms with E-state index < -0.39 is 22.6 Å². The zero-order chi connectivity index (χ0) is 17.3. The van der Waals surface area contributed by atoms with Gasteiger partial charge in [-0.1, -0.05) is 12.1 Å². The number of nitro benzene ring substituents is 1. The third kappa shape index (κ3) is 2.96. The Labute approximate surface area is 135 Å². The third-order valence-corrected chi connectivity index (χ3v) is 3.93. The second-order valence-electron chi connectivity index (χ2n) is 5.43. The number of halogens is 1. The van der Waals surface area contributed by atoms with Gasteiger partial charge in [0.1, 0.15) is 5.82 Å². The molecule has 1 aromatic heterocycles. The molecule has 24 heavy (non-hydrogen) atoms. The van der Waals surface area contributed by atoms with Crippen LogP contribution in [0.15, 0.2) is 48.7 Å². The van der Waals surface area contributed by atoms with E-state index in [0.29, 0.717) is 22.0 Å². The molecule has 0 radical (unpaired) electrons. The first-order chi connectivity index (χ1) is 11.5. The predicted molar refractivity (Wildman–Crippen MR) is 85.4 cm³/mol. The van der Waals surface area contributed by atoms with Crippen molar-refractivity contribution in [2.45, 2.75) is 12.3 Å². The molecule has 122 valence electrons. The molecule has 0 amide bonds. The lowest BCUT2D eigenvalue weighted by Gasteiger charge is -2.15. The number of hydrogen-bond donors (Lipinski definition) is 2. The Bertz CT molecular complexity index is 918. The number of carboxylic acids is 1. The standard InChI is InChI=1S/C17H13FN2O4/c18-11-3-1-10(2-4-11)13(8-17(21)22)15-9-19-16-6-5-12(20(23)24)7-14(15)16/h1-7,9,13,19H,8H2,(H,21,22). The van der Waals surface area contributed by atoms with Crippen LogP contribution in [0.4, 0.5) is 10.1 Å². The Morgan fingerprint density at radius 3 is 2.58 bits per heavy atom. The molecule has 0 aliphatic heterocycles. The van der Waals surface area contributed by atoms with E-state index >= 15 is 0 Å². The van der Waals surface area contributed by atoms with Crippen LogP contribution >= 0.6 is 0 Å². The van der Waals surface area contributed by atoms with Gasteiger partial charge in [0.25, 0.3) is 5.69 Å². The quantitative estimate of drug-likeness (QED) is 0.549. The van der Waals surface area contributed by atoms with E-state index in [9.17, 15) is 24.4 Å². The van der Waals surface area contributed by atoms with Gasteiger partial charge in [-0.3, -0.25) is 14.9 Å². The number of carboxylic acid groups (broad SMARTS) is 1. The number of carbonyl (C=O) groups is 1. The summed E-state index contributed by atoms with van der Waals surface area (Å²) in [5.41, 5.74) is 1.86. The number of nitro groups is 1. The minimum absolute atomic E-state index is 0.0727. The van der Waals surface area contributed by atoms with Crippen molar-refractivity contribution in [3.8, 4) is 0 Å². The molecule has 3 aromatic rings. The lowest BCUT2D eigenvalue weighted by Crippen LogP contribution is -2.07. The minimum Gasteiger partial charge on any atom is -0.481 e. The molecule has 0 saturated carbocycles. The number of aliphatic carboxylic acids is 1. The van der Waals surface area contributed by atoms with E-state index in [1.807, 2.05) is 0 Å². The second kappa shape index (κ2) is 6.11. The first-order valence-corrected chi connectivity index (χ1v) is 7.18. The van der Waals surface area contributed by atoms with Gasteiger partial charge in [-0.2, -0.15) is 0 Å². The number of H-pyrrole nitrogens is 1. The molecule has 6 nitrogen and oxygen atoms in total. The molecule has 0 spiro atoms. The van der Waals surface area contributed by atoms with Crippen molar-refractivity contribution in [2.24, 2.45) is 0 Å². The summed E-state index contributed by atoms with van der Waals surface area (Å²) in [5.74, 6) is -1.97. The minimum atomic E-state index is -1.01. The molecule has 0 bridgehead atoms. The maximum Gasteiger partial charge on any atom is 0.304 e. The van der Waals surface area contributed by atoms with E-state index in [1.54, 1.807) is 12.3 Å². The average molecular weight is 328 g/mol. The van der Waals surface area contributed by atoms with Crippen LogP contribution in [0.3, 0.4) is 0 Å². The van der Waals surface area contributed by atoms with Crippen LogP contribution in [0.2, 0.25) is 0 Å². The van der Waals surface area contributed by atoms with E-state index in [-0.39, 0.29) is 12.1 Å². The number of aromatic amines is 1. The van der Waals surface area contributed by atoms with Crippen LogP contribution < -0.4 is 0 Å². The molecule has 2 N–H and O–H groups in total. The number of nitrogens with one attached hydrogen (secondary N) is 1. The highest BCUT2D eigenvalue weighted by molar-refractivity contribution is 5.87. The zero-order valence-corrected chi connectivity index (χ0v) is 12.4. The monoisotopic (exact) mass is 328 g/mol. The Kier molecular flexibility index (Phi) is 3.99. The topological polar surface area (TPSA) is 96.2 Å². The van der Waals surface area contributed by atoms with Gasteiger partial charge >= 0.3 is 5.97 Å². The van der Waals surface area contributed by atoms with Crippen molar-refractivity contribution in [2.75, 3.05) is 0 Å². The van der Waals surface area contributed by atoms with Gasteiger partial charge in [-0.05, 0) is 29.3 Å². The fourth-order valence-electron chi connectivity index (χ4n) is 2.81. The molecule has 1 heterocycles. The summed E-state index contributed by atoms with van der Waals surface area (Å²) < 4.78 is 13.2. The van der Waals surface area contributed by atoms with Crippen molar-refractivity contribution in [1.82, 2.24) is 4.98 Å². The van der Waals surface area contributed by atoms with E-state index in [0.717, 1.165) is 0 Å². The summed E-state index contributed by atoms with van der Waals surface area (Å²) >= 11 is 0. The van der Waals surface area contributed by atoms with Gasteiger partial charge in [0, 0.05) is 35.2 Å². The van der Waals surface area contributed by atoms with Crippen LogP contribution in [0.5, 0.6) is 0 Å². The summed E-state index contributed by atoms with van der Waals surface area (Å²) in [7, 11) is 0. The molecule has 7 heteroatoms. The number of hydrogen-bond acceptors (Lipinski definition) is 3. The number of rotatable bonds is 5. The van der Waals surface area contributed by atoms with E-state index in [1.165, 1.54) is 36.4 Å². The number of non-ortho nitro benzene ring substituents is 1. The van der Waals surface area contributed by atoms with Gasteiger partial charge in [-0.25, -0.2) is 4.39 Å². The first kappa shape index (κ1) is 15.7. The van der Waals surface area contributed by atoms with Crippen molar-refractivity contribution < 1.29 is 19.2 Å². The van der Waals surface area contributed by atoms with Crippen molar-refractivity contribution >= 4 is 22.6 Å². The van der Waals surface area contributed by atoms with Crippen LogP contribution in [-0.2, 0) is 4.79 Å². The molecule has 1 unspecified atom stereocenters. The van der Waals surface area contributed by atoms with E-state index in [2.05, 4.69) is 4.98 Å². The average Bonchev–Trinajstić information content (AvgIpc) is 2.96. The molecule has 0 fully saturated rings. The molecular weight excluding hydrogens is 315 g/mol. The largest absolute Gasteiger partial charge is 0.481 e. The van der Waals surface area contributed by atoms with Crippen molar-refractivity contribution in [3.63, 3.8) is 0 Å². The van der Waals surface area contributed by atoms with Gasteiger partial charge in [0.15, 0.2) is 0 Å². The highest BCUT2D eigenvalue weighted by atomic mass is 19.1. The van der Waals surface area contributed by atoms with Crippen molar-refractivity contribution in [3.05, 3.63) is 75.7 Å². The second-order valence-corrected chi connectivity index (χ2v) is 5.43. The van der Waals surface area contributed by atoms with Gasteiger partial charge in [0.05, 0.1) is 11.3 Å². The van der Waals surface area contributed by atoms with Crippen molar-refractivity contribution in [1.29, 1.82) is 0 Å². The van der Waals surface area contributed by atoms with E-state index in [4.69, 9.17) is 0 Å². The Morgan fingerprint density at radius 1 is 1.25 bits per heavy atom. The summed E-state index contributed by atoms with van der Waals surface area (Å²) in [5, 5.41) is 20.8. The summed E-state index contributed by atoms with van der Waals surface area (Å²) in [6, 6.07) is 9.97. The molecular formula is C17H13FN2O4. The predicted octanol–water partition coefficient (Wildman–Crippen LogP) is 3.82. The molecule has 0 saturated heterocycles. The number of benzene rings is 2. The molecule has 1 atom stereocenters. The highest BCUT2D eigenvalue weighted by Crippen LogP contribution is 2.35. The zero-order valence-electron chi connectivity index (χ0n) is 12.4. The normalized spacial score (nSPS) is 12.2. The van der Waals surface area contributed by atoms with Crippen LogP contribution in [-0.4, -0.2) is 21.0 Å². The molecule has 2 aromatic carbocycles. The molecule has 0 aliphatic rings. The third-order valence-electron chi connectivity index (χ3n) is 3.93. The Hall–Kier alpha value is -3.22. The molecule has 0 aliphatic carbocycles. The summed E-state index contributed by atoms with van der Waals surface area (Å²) in [6.07, 6.45) is 1.44. The SMILES string of the molecule is O=C(O)CC(c1ccc(F)cc1)c1c[nH]c2ccc([N+](=O)[O-])cc12. The smallest absolute Gasteiger partial charge is 0.304 e. The maximum absolute atomic E-state index is 13.2. The van der Waals surface area contributed by atoms with Gasteiger partial charge < -0.3 is 10.1 Å². The summed E-state index contributed by atoms with van der Waals surface area (Å²) in [4.78, 5) is 24.8. The fourth-order valence-corrected chi connectivity index (χ4v) is 2.81. The first-order valence-electron chi connectivity index (χ1n) is 7.18. The number of aromatic nitrogens is 1. The molecule has 3 rings (SSSR count). The highest BCUT2D eigenvalue weighted by Gasteiger charge is 2.22. The van der Waals surface area contributed by atoms with Gasteiger partial charge in [-0.15, -0.1) is 0 Å². The lowest BCUT2D eigenvalue weighted by molar-refractivity contribution is -0.384. The van der Waals surface area contributed by atoms with Gasteiger partial charge in [0.2, 0.25) is 0 Å². The lowest BCUT2D eigenvalue weighted by atomic mass is 9.88. The number of nitrogens with zero attached hydrogens (tertiary/aromatic N) is 1.